The van der Waals surface area contributed by atoms with E-state index in [1.165, 1.54) is 0 Å². The molecule has 2 heterocycles. The van der Waals surface area contributed by atoms with Gasteiger partial charge in [0.25, 0.3) is 0 Å². The van der Waals surface area contributed by atoms with E-state index in [9.17, 15) is 4.79 Å². The molecule has 1 aromatic carbocycles. The first-order chi connectivity index (χ1) is 9.83. The van der Waals surface area contributed by atoms with E-state index in [1.807, 2.05) is 48.7 Å². The van der Waals surface area contributed by atoms with Gasteiger partial charge in [-0.3, -0.25) is 9.78 Å². The van der Waals surface area contributed by atoms with Crippen molar-refractivity contribution in [1.29, 1.82) is 0 Å². The Kier molecular flexibility index (Phi) is 3.71. The van der Waals surface area contributed by atoms with Crippen LogP contribution < -0.4 is 16.2 Å². The van der Waals surface area contributed by atoms with Crippen LogP contribution in [-0.2, 0) is 4.79 Å². The Balaban J connectivity index is 1.61. The zero-order chi connectivity index (χ0) is 13.8. The molecule has 1 saturated heterocycles. The summed E-state index contributed by atoms with van der Waals surface area (Å²) in [6.07, 6.45) is 4.26. The summed E-state index contributed by atoms with van der Waals surface area (Å²) in [7, 11) is 0. The maximum absolute atomic E-state index is 12.2. The van der Waals surface area contributed by atoms with Gasteiger partial charge in [0.2, 0.25) is 5.91 Å². The highest BCUT2D eigenvalue weighted by molar-refractivity contribution is 5.95. The molecule has 5 heteroatoms. The molecule has 0 aliphatic carbocycles. The Hall–Kier alpha value is -2.24. The normalized spacial score (nSPS) is 21.6. The summed E-state index contributed by atoms with van der Waals surface area (Å²) in [6, 6.07) is 13.2. The van der Waals surface area contributed by atoms with Gasteiger partial charge in [-0.1, -0.05) is 24.3 Å². The minimum absolute atomic E-state index is 0.0323. The van der Waals surface area contributed by atoms with Gasteiger partial charge in [0.1, 0.15) is 6.04 Å². The molecule has 1 aliphatic heterocycles. The molecule has 1 aliphatic rings. The van der Waals surface area contributed by atoms with Crippen molar-refractivity contribution in [2.45, 2.75) is 18.5 Å². The van der Waals surface area contributed by atoms with Crippen molar-refractivity contribution in [3.63, 3.8) is 0 Å². The van der Waals surface area contributed by atoms with Crippen molar-refractivity contribution in [3.8, 4) is 0 Å². The van der Waals surface area contributed by atoms with Crippen molar-refractivity contribution < 1.29 is 4.79 Å². The minimum atomic E-state index is -0.250. The molecule has 2 unspecified atom stereocenters. The number of pyridine rings is 1. The summed E-state index contributed by atoms with van der Waals surface area (Å²) in [5.74, 6) is -0.0323. The first-order valence-corrected chi connectivity index (χ1v) is 6.60. The molecule has 3 rings (SSSR count). The molecule has 3 N–H and O–H groups in total. The molecule has 20 heavy (non-hydrogen) atoms. The van der Waals surface area contributed by atoms with Gasteiger partial charge in [-0.05, 0) is 30.2 Å². The van der Waals surface area contributed by atoms with Crippen molar-refractivity contribution in [2.24, 2.45) is 0 Å². The first-order valence-electron chi connectivity index (χ1n) is 6.60. The highest BCUT2D eigenvalue weighted by Gasteiger charge is 2.30. The van der Waals surface area contributed by atoms with Crippen LogP contribution in [-0.4, -0.2) is 16.9 Å². The zero-order valence-electron chi connectivity index (χ0n) is 10.9. The molecule has 1 aromatic heterocycles. The number of nitrogens with zero attached hydrogens (tertiary/aromatic N) is 1. The topological polar surface area (TPSA) is 66.0 Å². The van der Waals surface area contributed by atoms with Crippen LogP contribution in [0.15, 0.2) is 54.9 Å². The molecule has 1 fully saturated rings. The van der Waals surface area contributed by atoms with E-state index in [0.717, 1.165) is 11.3 Å². The lowest BCUT2D eigenvalue weighted by Gasteiger charge is -2.10. The summed E-state index contributed by atoms with van der Waals surface area (Å²) in [5, 5.41) is 2.90. The fourth-order valence-electron chi connectivity index (χ4n) is 2.28. The highest BCUT2D eigenvalue weighted by atomic mass is 16.2. The number of carbonyl (C=O) groups excluding carboxylic acids is 1. The van der Waals surface area contributed by atoms with E-state index in [2.05, 4.69) is 21.2 Å². The average molecular weight is 268 g/mol. The van der Waals surface area contributed by atoms with E-state index < -0.39 is 0 Å². The van der Waals surface area contributed by atoms with Crippen molar-refractivity contribution in [1.82, 2.24) is 15.8 Å². The summed E-state index contributed by atoms with van der Waals surface area (Å²) in [4.78, 5) is 16.3. The molecule has 0 radical (unpaired) electrons. The molecular formula is C15H16N4O. The van der Waals surface area contributed by atoms with Gasteiger partial charge in [-0.2, -0.15) is 0 Å². The molecule has 2 atom stereocenters. The molecule has 5 nitrogen and oxygen atoms in total. The number of aromatic nitrogens is 1. The number of nitrogens with one attached hydrogen (secondary N) is 3. The Bertz CT molecular complexity index is 573. The third kappa shape index (κ3) is 2.84. The third-order valence-corrected chi connectivity index (χ3v) is 3.35. The van der Waals surface area contributed by atoms with Gasteiger partial charge in [0.15, 0.2) is 0 Å². The summed E-state index contributed by atoms with van der Waals surface area (Å²) in [5.41, 5.74) is 8.06. The predicted molar refractivity (Wildman–Crippen MR) is 76.7 cm³/mol. The molecule has 0 spiro atoms. The number of benzene rings is 1. The molecule has 0 bridgehead atoms. The van der Waals surface area contributed by atoms with Crippen LogP contribution in [0.3, 0.4) is 0 Å². The fraction of sp³-hybridized carbons (Fsp3) is 0.200. The van der Waals surface area contributed by atoms with Gasteiger partial charge in [0, 0.05) is 24.1 Å². The Morgan fingerprint density at radius 3 is 2.75 bits per heavy atom. The predicted octanol–water partition coefficient (Wildman–Crippen LogP) is 1.63. The van der Waals surface area contributed by atoms with E-state index in [0.29, 0.717) is 6.42 Å². The van der Waals surface area contributed by atoms with Crippen LogP contribution in [0.4, 0.5) is 5.69 Å². The Morgan fingerprint density at radius 1 is 1.15 bits per heavy atom. The standard InChI is InChI=1S/C15H16N4O/c20-15(17-12-6-2-1-3-7-12)14-9-13(18-19-14)11-5-4-8-16-10-11/h1-8,10,13-14,18-19H,9H2,(H,17,20). The van der Waals surface area contributed by atoms with Gasteiger partial charge >= 0.3 is 0 Å². The number of hydrogen-bond donors (Lipinski definition) is 3. The van der Waals surface area contributed by atoms with Crippen LogP contribution in [0, 0.1) is 0 Å². The quantitative estimate of drug-likeness (QED) is 0.791. The van der Waals surface area contributed by atoms with Gasteiger partial charge < -0.3 is 5.32 Å². The summed E-state index contributed by atoms with van der Waals surface area (Å²) >= 11 is 0. The first kappa shape index (κ1) is 12.8. The van der Waals surface area contributed by atoms with Crippen LogP contribution in [0.1, 0.15) is 18.0 Å². The maximum atomic E-state index is 12.2. The number of hydrazine groups is 1. The minimum Gasteiger partial charge on any atom is -0.325 e. The number of amides is 1. The number of carbonyl (C=O) groups is 1. The van der Waals surface area contributed by atoms with Gasteiger partial charge in [-0.25, -0.2) is 10.9 Å². The Morgan fingerprint density at radius 2 is 2.00 bits per heavy atom. The lowest BCUT2D eigenvalue weighted by Crippen LogP contribution is -2.39. The lowest BCUT2D eigenvalue weighted by molar-refractivity contribution is -0.117. The van der Waals surface area contributed by atoms with Crippen molar-refractivity contribution in [2.75, 3.05) is 5.32 Å². The second kappa shape index (κ2) is 5.81. The number of anilines is 1. The number of rotatable bonds is 3. The molecule has 0 saturated carbocycles. The van der Waals surface area contributed by atoms with Crippen LogP contribution in [0.5, 0.6) is 0 Å². The summed E-state index contributed by atoms with van der Waals surface area (Å²) < 4.78 is 0. The molecule has 1 amide bonds. The summed E-state index contributed by atoms with van der Waals surface area (Å²) in [6.45, 7) is 0. The monoisotopic (exact) mass is 268 g/mol. The number of para-hydroxylation sites is 1. The Labute approximate surface area is 117 Å². The van der Waals surface area contributed by atoms with E-state index >= 15 is 0 Å². The second-order valence-electron chi connectivity index (χ2n) is 4.77. The van der Waals surface area contributed by atoms with Gasteiger partial charge in [-0.15, -0.1) is 0 Å². The second-order valence-corrected chi connectivity index (χ2v) is 4.77. The van der Waals surface area contributed by atoms with E-state index in [-0.39, 0.29) is 18.0 Å². The number of hydrogen-bond acceptors (Lipinski definition) is 4. The maximum Gasteiger partial charge on any atom is 0.242 e. The SMILES string of the molecule is O=C(Nc1ccccc1)C1CC(c2cccnc2)NN1. The van der Waals surface area contributed by atoms with Gasteiger partial charge in [0.05, 0.1) is 0 Å². The van der Waals surface area contributed by atoms with Crippen LogP contribution in [0.25, 0.3) is 0 Å². The van der Waals surface area contributed by atoms with E-state index in [1.54, 1.807) is 6.20 Å². The van der Waals surface area contributed by atoms with Crippen LogP contribution in [0.2, 0.25) is 0 Å². The molecule has 2 aromatic rings. The largest absolute Gasteiger partial charge is 0.325 e. The zero-order valence-corrected chi connectivity index (χ0v) is 10.9. The van der Waals surface area contributed by atoms with Crippen LogP contribution >= 0.6 is 0 Å². The third-order valence-electron chi connectivity index (χ3n) is 3.35. The highest BCUT2D eigenvalue weighted by Crippen LogP contribution is 2.21. The fourth-order valence-corrected chi connectivity index (χ4v) is 2.28. The van der Waals surface area contributed by atoms with Crippen molar-refractivity contribution in [3.05, 3.63) is 60.4 Å². The van der Waals surface area contributed by atoms with Crippen molar-refractivity contribution >= 4 is 11.6 Å². The average Bonchev–Trinajstić information content (AvgIpc) is 2.99. The lowest BCUT2D eigenvalue weighted by atomic mass is 10.0. The smallest absolute Gasteiger partial charge is 0.242 e. The molecule has 102 valence electrons. The molecular weight excluding hydrogens is 252 g/mol. The van der Waals surface area contributed by atoms with E-state index in [4.69, 9.17) is 0 Å².